The summed E-state index contributed by atoms with van der Waals surface area (Å²) in [6.45, 7) is 0. The van der Waals surface area contributed by atoms with Gasteiger partial charge in [0.2, 0.25) is 0 Å². The van der Waals surface area contributed by atoms with E-state index in [-0.39, 0.29) is 16.3 Å². The van der Waals surface area contributed by atoms with Crippen molar-refractivity contribution in [2.75, 3.05) is 5.32 Å². The van der Waals surface area contributed by atoms with Crippen LogP contribution < -0.4 is 10.7 Å². The van der Waals surface area contributed by atoms with Crippen molar-refractivity contribution in [1.82, 2.24) is 15.4 Å². The van der Waals surface area contributed by atoms with E-state index >= 15 is 0 Å². The molecule has 43 heavy (non-hydrogen) atoms. The number of anilines is 1. The van der Waals surface area contributed by atoms with Crippen molar-refractivity contribution in [3.05, 3.63) is 113 Å². The van der Waals surface area contributed by atoms with Crippen LogP contribution in [0.5, 0.6) is 0 Å². The first kappa shape index (κ1) is 29.5. The molecule has 214 valence electrons. The zero-order valence-electron chi connectivity index (χ0n) is 21.3. The maximum absolute atomic E-state index is 13.4. The van der Waals surface area contributed by atoms with E-state index in [1.807, 2.05) is 6.07 Å². The molecule has 0 aliphatic heterocycles. The predicted molar refractivity (Wildman–Crippen MR) is 150 cm³/mol. The molecule has 0 aliphatic carbocycles. The lowest BCUT2D eigenvalue weighted by molar-refractivity contribution is -0.393. The Morgan fingerprint density at radius 1 is 0.930 bits per heavy atom. The third kappa shape index (κ3) is 6.82. The van der Waals surface area contributed by atoms with Gasteiger partial charge in [-0.1, -0.05) is 0 Å². The number of nitro groups is 3. The lowest BCUT2D eigenvalue weighted by atomic mass is 10.0. The van der Waals surface area contributed by atoms with Gasteiger partial charge in [0.15, 0.2) is 0 Å². The van der Waals surface area contributed by atoms with E-state index < -0.39 is 55.3 Å². The average molecular weight is 602 g/mol. The molecule has 1 unspecified atom stereocenters. The van der Waals surface area contributed by atoms with Crippen LogP contribution in [-0.2, 0) is 4.79 Å². The molecule has 0 spiro atoms. The average Bonchev–Trinajstić information content (AvgIpc) is 3.49. The zero-order valence-corrected chi connectivity index (χ0v) is 22.1. The molecule has 0 aliphatic rings. The summed E-state index contributed by atoms with van der Waals surface area (Å²) in [5, 5.41) is 51.3. The van der Waals surface area contributed by atoms with Gasteiger partial charge < -0.3 is 5.32 Å². The highest BCUT2D eigenvalue weighted by Gasteiger charge is 2.30. The van der Waals surface area contributed by atoms with Crippen LogP contribution in [0.2, 0.25) is 0 Å². The molecule has 0 saturated heterocycles. The van der Waals surface area contributed by atoms with E-state index in [0.29, 0.717) is 17.3 Å². The molecular formula is C25H15N9O8S. The smallest absolute Gasteiger partial charge is 0.299 e. The van der Waals surface area contributed by atoms with Crippen molar-refractivity contribution in [3.8, 4) is 17.3 Å². The van der Waals surface area contributed by atoms with Crippen LogP contribution in [0.15, 0.2) is 77.5 Å². The highest BCUT2D eigenvalue weighted by molar-refractivity contribution is 7.10. The topological polar surface area (TPSA) is 250 Å². The number of carbonyl (C=O) groups excluding carboxylic acids is 2. The van der Waals surface area contributed by atoms with Crippen molar-refractivity contribution >= 4 is 51.6 Å². The predicted octanol–water partition coefficient (Wildman–Crippen LogP) is 3.96. The van der Waals surface area contributed by atoms with Crippen LogP contribution in [0.1, 0.15) is 21.3 Å². The second kappa shape index (κ2) is 12.8. The minimum atomic E-state index is -1.51. The molecule has 18 heteroatoms. The van der Waals surface area contributed by atoms with Crippen molar-refractivity contribution in [2.24, 2.45) is 5.10 Å². The van der Waals surface area contributed by atoms with Crippen LogP contribution in [-0.4, -0.2) is 42.3 Å². The van der Waals surface area contributed by atoms with E-state index in [9.17, 15) is 45.2 Å². The number of thiazole rings is 1. The number of pyridine rings is 1. The Balaban J connectivity index is 1.71. The normalized spacial score (nSPS) is 11.6. The van der Waals surface area contributed by atoms with Gasteiger partial charge in [-0.15, -0.1) is 11.3 Å². The van der Waals surface area contributed by atoms with Gasteiger partial charge in [0.25, 0.3) is 28.9 Å². The van der Waals surface area contributed by atoms with E-state index in [1.54, 1.807) is 0 Å². The summed E-state index contributed by atoms with van der Waals surface area (Å²) < 4.78 is 0. The molecule has 17 nitrogen and oxygen atoms in total. The number of nitrogens with zero attached hydrogens (tertiary/aromatic N) is 7. The van der Waals surface area contributed by atoms with Crippen LogP contribution in [0.4, 0.5) is 22.7 Å². The number of non-ortho nitro benzene ring substituents is 2. The number of rotatable bonds is 10. The van der Waals surface area contributed by atoms with Gasteiger partial charge in [0, 0.05) is 47.1 Å². The fourth-order valence-electron chi connectivity index (χ4n) is 3.54. The Morgan fingerprint density at radius 2 is 1.58 bits per heavy atom. The molecule has 2 aromatic carbocycles. The van der Waals surface area contributed by atoms with Crippen molar-refractivity contribution in [2.45, 2.75) is 5.92 Å². The SMILES string of the molecule is N#CC(/C(=N\NC(=O)c1ccncc1)C(=O)Nc1ccc([N+](=O)[O-])cc1[N+](=O)[O-])c1nc(-c2ccc([N+](=O)[O-])cc2)cs1. The van der Waals surface area contributed by atoms with Crippen LogP contribution in [0, 0.1) is 41.7 Å². The van der Waals surface area contributed by atoms with Gasteiger partial charge >= 0.3 is 0 Å². The fourth-order valence-corrected chi connectivity index (χ4v) is 4.41. The largest absolute Gasteiger partial charge is 0.315 e. The number of hydrazone groups is 1. The number of hydrogen-bond acceptors (Lipinski definition) is 13. The molecule has 2 heterocycles. The molecule has 2 aromatic heterocycles. The molecule has 4 aromatic rings. The number of carbonyl (C=O) groups is 2. The summed E-state index contributed by atoms with van der Waals surface area (Å²) in [5.74, 6) is -3.42. The van der Waals surface area contributed by atoms with Crippen LogP contribution in [0.3, 0.4) is 0 Å². The summed E-state index contributed by atoms with van der Waals surface area (Å²) in [4.78, 5) is 65.4. The number of benzene rings is 2. The van der Waals surface area contributed by atoms with E-state index in [1.165, 1.54) is 54.2 Å². The monoisotopic (exact) mass is 601 g/mol. The molecule has 4 rings (SSSR count). The van der Waals surface area contributed by atoms with E-state index in [2.05, 4.69) is 25.8 Å². The van der Waals surface area contributed by atoms with Gasteiger partial charge in [-0.2, -0.15) is 10.4 Å². The van der Waals surface area contributed by atoms with Gasteiger partial charge in [-0.3, -0.25) is 44.9 Å². The minimum absolute atomic E-state index is 0.0427. The highest BCUT2D eigenvalue weighted by atomic mass is 32.1. The second-order valence-corrected chi connectivity index (χ2v) is 9.17. The number of hydrogen-bond donors (Lipinski definition) is 2. The summed E-state index contributed by atoms with van der Waals surface area (Å²) in [6, 6.07) is 12.6. The van der Waals surface area contributed by atoms with Gasteiger partial charge in [0.1, 0.15) is 22.3 Å². The third-order valence-corrected chi connectivity index (χ3v) is 6.54. The third-order valence-electron chi connectivity index (χ3n) is 5.64. The molecule has 2 amide bonds. The Labute approximate surface area is 243 Å². The van der Waals surface area contributed by atoms with Crippen molar-refractivity contribution < 1.29 is 24.4 Å². The summed E-state index contributed by atoms with van der Waals surface area (Å²) in [6.07, 6.45) is 2.68. The highest BCUT2D eigenvalue weighted by Crippen LogP contribution is 2.31. The molecule has 0 fully saturated rings. The zero-order chi connectivity index (χ0) is 31.1. The first-order chi connectivity index (χ1) is 20.6. The lowest BCUT2D eigenvalue weighted by Crippen LogP contribution is -2.32. The standard InChI is InChI=1S/C25H15N9O8S/c26-12-18(25-29-20(13-43-25)14-1-3-16(4-2-14)32(37)38)22(30-31-23(35)15-7-9-27-10-8-15)24(36)28-19-6-5-17(33(39)40)11-21(19)34(41)42/h1-11,13,18H,(H,28,36)(H,31,35)/b30-22+. The Kier molecular flexibility index (Phi) is 8.78. The quantitative estimate of drug-likeness (QED) is 0.149. The van der Waals surface area contributed by atoms with Crippen LogP contribution in [0.25, 0.3) is 11.3 Å². The number of amides is 2. The fraction of sp³-hybridized carbons (Fsp3) is 0.0400. The van der Waals surface area contributed by atoms with Gasteiger partial charge in [0.05, 0.1) is 32.6 Å². The maximum Gasteiger partial charge on any atom is 0.299 e. The molecule has 1 atom stereocenters. The molecular weight excluding hydrogens is 586 g/mol. The number of nitro benzene ring substituents is 3. The minimum Gasteiger partial charge on any atom is -0.315 e. The van der Waals surface area contributed by atoms with Crippen molar-refractivity contribution in [1.29, 1.82) is 5.26 Å². The molecule has 0 radical (unpaired) electrons. The summed E-state index contributed by atoms with van der Waals surface area (Å²) in [7, 11) is 0. The Morgan fingerprint density at radius 3 is 2.19 bits per heavy atom. The molecule has 0 bridgehead atoms. The van der Waals surface area contributed by atoms with Gasteiger partial charge in [-0.05, 0) is 30.3 Å². The van der Waals surface area contributed by atoms with Crippen molar-refractivity contribution in [3.63, 3.8) is 0 Å². The first-order valence-corrected chi connectivity index (χ1v) is 12.6. The maximum atomic E-state index is 13.4. The Hall–Kier alpha value is -6.48. The summed E-state index contributed by atoms with van der Waals surface area (Å²) in [5.41, 5.74) is 0.489. The Bertz CT molecular complexity index is 1820. The van der Waals surface area contributed by atoms with E-state index in [4.69, 9.17) is 0 Å². The summed E-state index contributed by atoms with van der Waals surface area (Å²) >= 11 is 0.951. The van der Waals surface area contributed by atoms with Gasteiger partial charge in [-0.25, -0.2) is 10.4 Å². The second-order valence-electron chi connectivity index (χ2n) is 8.28. The molecule has 0 saturated carbocycles. The number of nitrogens with one attached hydrogen (secondary N) is 2. The first-order valence-electron chi connectivity index (χ1n) is 11.7. The number of aromatic nitrogens is 2. The van der Waals surface area contributed by atoms with Crippen LogP contribution >= 0.6 is 11.3 Å². The number of nitriles is 1. The van der Waals surface area contributed by atoms with E-state index in [0.717, 1.165) is 23.5 Å². The molecule has 2 N–H and O–H groups in total. The lowest BCUT2D eigenvalue weighted by Gasteiger charge is -2.12.